The number of nitrogens with two attached hydrogens (primary N) is 1. The Kier molecular flexibility index (Phi) is 7.53. The maximum Gasteiger partial charge on any atom is 0.162 e. The normalized spacial score (nSPS) is 9.63. The second-order valence-electron chi connectivity index (χ2n) is 4.08. The molecule has 0 radical (unpaired) electrons. The molecule has 0 bridgehead atoms. The Bertz CT molecular complexity index is 432. The summed E-state index contributed by atoms with van der Waals surface area (Å²) in [6.07, 6.45) is 2.97. The second kappa shape index (κ2) is 9.29. The Morgan fingerprint density at radius 3 is 2.47 bits per heavy atom. The number of hydrogen-bond acceptors (Lipinski definition) is 3. The fraction of sp³-hybridized carbons (Fsp3) is 0.500. The van der Waals surface area contributed by atoms with Crippen molar-refractivity contribution in [3.8, 4) is 23.3 Å². The van der Waals surface area contributed by atoms with Crippen LogP contribution in [0.15, 0.2) is 18.2 Å². The third kappa shape index (κ3) is 5.67. The SMILES string of the molecule is CCOc1ccc(C#CCCCCN)cc1OCC. The lowest BCUT2D eigenvalue weighted by atomic mass is 10.2. The molecule has 19 heavy (non-hydrogen) atoms. The van der Waals surface area contributed by atoms with Crippen molar-refractivity contribution in [2.75, 3.05) is 19.8 Å². The van der Waals surface area contributed by atoms with Gasteiger partial charge < -0.3 is 15.2 Å². The quantitative estimate of drug-likeness (QED) is 0.606. The first-order valence-corrected chi connectivity index (χ1v) is 6.90. The van der Waals surface area contributed by atoms with Crippen molar-refractivity contribution in [3.63, 3.8) is 0 Å². The minimum absolute atomic E-state index is 0.619. The first kappa shape index (κ1) is 15.4. The van der Waals surface area contributed by atoms with E-state index in [1.807, 2.05) is 32.0 Å². The fourth-order valence-corrected chi connectivity index (χ4v) is 1.65. The van der Waals surface area contributed by atoms with Gasteiger partial charge in [-0.2, -0.15) is 0 Å². The van der Waals surface area contributed by atoms with Crippen LogP contribution in [-0.2, 0) is 0 Å². The molecular formula is C16H23NO2. The molecule has 0 saturated heterocycles. The lowest BCUT2D eigenvalue weighted by Crippen LogP contribution is -1.98. The molecule has 2 N–H and O–H groups in total. The molecule has 1 aromatic carbocycles. The molecule has 1 rings (SSSR count). The Morgan fingerprint density at radius 2 is 1.79 bits per heavy atom. The van der Waals surface area contributed by atoms with Gasteiger partial charge in [-0.25, -0.2) is 0 Å². The van der Waals surface area contributed by atoms with Crippen LogP contribution >= 0.6 is 0 Å². The number of ether oxygens (including phenoxy) is 2. The summed E-state index contributed by atoms with van der Waals surface area (Å²) in [4.78, 5) is 0. The van der Waals surface area contributed by atoms with E-state index in [2.05, 4.69) is 11.8 Å². The van der Waals surface area contributed by atoms with E-state index in [9.17, 15) is 0 Å². The van der Waals surface area contributed by atoms with Crippen LogP contribution < -0.4 is 15.2 Å². The van der Waals surface area contributed by atoms with Crippen molar-refractivity contribution in [2.24, 2.45) is 5.73 Å². The van der Waals surface area contributed by atoms with Crippen LogP contribution in [-0.4, -0.2) is 19.8 Å². The molecule has 0 aromatic heterocycles. The van der Waals surface area contributed by atoms with E-state index in [0.29, 0.717) is 13.2 Å². The zero-order valence-corrected chi connectivity index (χ0v) is 11.9. The van der Waals surface area contributed by atoms with Gasteiger partial charge in [-0.1, -0.05) is 11.8 Å². The van der Waals surface area contributed by atoms with Crippen LogP contribution in [0, 0.1) is 11.8 Å². The molecule has 0 atom stereocenters. The van der Waals surface area contributed by atoms with Crippen molar-refractivity contribution in [2.45, 2.75) is 33.1 Å². The van der Waals surface area contributed by atoms with Gasteiger partial charge in [0.1, 0.15) is 0 Å². The summed E-state index contributed by atoms with van der Waals surface area (Å²) < 4.78 is 11.1. The first-order valence-electron chi connectivity index (χ1n) is 6.90. The Morgan fingerprint density at radius 1 is 1.05 bits per heavy atom. The Balaban J connectivity index is 2.71. The molecule has 0 amide bonds. The van der Waals surface area contributed by atoms with E-state index in [1.165, 1.54) is 0 Å². The third-order valence-electron chi connectivity index (χ3n) is 2.53. The number of hydrogen-bond donors (Lipinski definition) is 1. The van der Waals surface area contributed by atoms with E-state index in [4.69, 9.17) is 15.2 Å². The average molecular weight is 261 g/mol. The molecule has 0 spiro atoms. The van der Waals surface area contributed by atoms with Crippen molar-refractivity contribution < 1.29 is 9.47 Å². The van der Waals surface area contributed by atoms with Crippen molar-refractivity contribution >= 4 is 0 Å². The largest absolute Gasteiger partial charge is 0.490 e. The average Bonchev–Trinajstić information content (AvgIpc) is 2.42. The molecule has 0 aliphatic rings. The van der Waals surface area contributed by atoms with Crippen molar-refractivity contribution in [1.82, 2.24) is 0 Å². The Labute approximate surface area is 116 Å². The van der Waals surface area contributed by atoms with Gasteiger partial charge in [0.15, 0.2) is 11.5 Å². The van der Waals surface area contributed by atoms with Gasteiger partial charge in [-0.15, -0.1) is 0 Å². The highest BCUT2D eigenvalue weighted by molar-refractivity contribution is 5.48. The zero-order chi connectivity index (χ0) is 13.9. The van der Waals surface area contributed by atoms with E-state index in [-0.39, 0.29) is 0 Å². The first-order chi connectivity index (χ1) is 9.31. The standard InChI is InChI=1S/C16H23NO2/c1-3-18-15-11-10-14(13-16(15)19-4-2)9-7-5-6-8-12-17/h10-11,13H,3-6,8,12,17H2,1-2H3. The van der Waals surface area contributed by atoms with E-state index < -0.39 is 0 Å². The van der Waals surface area contributed by atoms with E-state index in [0.717, 1.165) is 42.9 Å². The summed E-state index contributed by atoms with van der Waals surface area (Å²) in [7, 11) is 0. The molecule has 0 fully saturated rings. The van der Waals surface area contributed by atoms with Gasteiger partial charge in [0.25, 0.3) is 0 Å². The number of unbranched alkanes of at least 4 members (excludes halogenated alkanes) is 2. The second-order valence-corrected chi connectivity index (χ2v) is 4.08. The molecule has 0 aliphatic carbocycles. The van der Waals surface area contributed by atoms with E-state index in [1.54, 1.807) is 0 Å². The highest BCUT2D eigenvalue weighted by atomic mass is 16.5. The summed E-state index contributed by atoms with van der Waals surface area (Å²) >= 11 is 0. The van der Waals surface area contributed by atoms with Gasteiger partial charge in [0.05, 0.1) is 13.2 Å². The molecule has 0 aliphatic heterocycles. The minimum Gasteiger partial charge on any atom is -0.490 e. The molecule has 1 aromatic rings. The summed E-state index contributed by atoms with van der Waals surface area (Å²) in [5.41, 5.74) is 6.40. The van der Waals surface area contributed by atoms with Gasteiger partial charge >= 0.3 is 0 Å². The molecule has 0 unspecified atom stereocenters. The molecular weight excluding hydrogens is 238 g/mol. The van der Waals surface area contributed by atoms with Crippen LogP contribution in [0.2, 0.25) is 0 Å². The van der Waals surface area contributed by atoms with E-state index >= 15 is 0 Å². The van der Waals surface area contributed by atoms with Crippen LogP contribution in [0.5, 0.6) is 11.5 Å². The van der Waals surface area contributed by atoms with Crippen molar-refractivity contribution in [3.05, 3.63) is 23.8 Å². The van der Waals surface area contributed by atoms with Gasteiger partial charge in [0, 0.05) is 12.0 Å². The van der Waals surface area contributed by atoms with Crippen LogP contribution in [0.4, 0.5) is 0 Å². The lowest BCUT2D eigenvalue weighted by molar-refractivity contribution is 0.287. The predicted octanol–water partition coefficient (Wildman–Crippen LogP) is 2.96. The molecule has 3 nitrogen and oxygen atoms in total. The topological polar surface area (TPSA) is 44.5 Å². The summed E-state index contributed by atoms with van der Waals surface area (Å²) in [5.74, 6) is 7.84. The lowest BCUT2D eigenvalue weighted by Gasteiger charge is -2.10. The van der Waals surface area contributed by atoms with Gasteiger partial charge in [0.2, 0.25) is 0 Å². The molecule has 0 heterocycles. The van der Waals surface area contributed by atoms with Crippen LogP contribution in [0.3, 0.4) is 0 Å². The maximum absolute atomic E-state index is 5.57. The zero-order valence-electron chi connectivity index (χ0n) is 11.9. The van der Waals surface area contributed by atoms with Crippen LogP contribution in [0.25, 0.3) is 0 Å². The van der Waals surface area contributed by atoms with Crippen LogP contribution in [0.1, 0.15) is 38.7 Å². The summed E-state index contributed by atoms with van der Waals surface area (Å²) in [5, 5.41) is 0. The van der Waals surface area contributed by atoms with Gasteiger partial charge in [-0.05, 0) is 51.4 Å². The number of rotatable bonds is 7. The Hall–Kier alpha value is -1.66. The molecule has 3 heteroatoms. The molecule has 104 valence electrons. The fourth-order valence-electron chi connectivity index (χ4n) is 1.65. The third-order valence-corrected chi connectivity index (χ3v) is 2.53. The highest BCUT2D eigenvalue weighted by Crippen LogP contribution is 2.28. The summed E-state index contributed by atoms with van der Waals surface area (Å²) in [6, 6.07) is 5.81. The van der Waals surface area contributed by atoms with Crippen molar-refractivity contribution in [1.29, 1.82) is 0 Å². The van der Waals surface area contributed by atoms with Gasteiger partial charge in [-0.3, -0.25) is 0 Å². The summed E-state index contributed by atoms with van der Waals surface area (Å²) in [6.45, 7) is 5.90. The smallest absolute Gasteiger partial charge is 0.162 e. The predicted molar refractivity (Wildman–Crippen MR) is 78.6 cm³/mol. The number of benzene rings is 1. The highest BCUT2D eigenvalue weighted by Gasteiger charge is 2.04. The monoisotopic (exact) mass is 261 g/mol. The molecule has 0 saturated carbocycles. The minimum atomic E-state index is 0.619. The maximum atomic E-state index is 5.57.